The molecule has 1 aliphatic rings. The topological polar surface area (TPSA) is 49.4 Å². The van der Waals surface area contributed by atoms with Gasteiger partial charge in [-0.25, -0.2) is 0 Å². The molecule has 0 bridgehead atoms. The summed E-state index contributed by atoms with van der Waals surface area (Å²) in [6.45, 7) is 0.771. The van der Waals surface area contributed by atoms with E-state index in [4.69, 9.17) is 0 Å². The molecule has 1 aromatic carbocycles. The van der Waals surface area contributed by atoms with Gasteiger partial charge in [0.25, 0.3) is 11.8 Å². The molecular formula is C20H18N2O2S2. The molecule has 0 aliphatic carbocycles. The third-order valence-electron chi connectivity index (χ3n) is 4.50. The molecule has 3 heterocycles. The quantitative estimate of drug-likeness (QED) is 0.687. The molecule has 0 saturated carbocycles. The summed E-state index contributed by atoms with van der Waals surface area (Å²) in [6, 6.07) is 15.1. The van der Waals surface area contributed by atoms with Gasteiger partial charge in [0, 0.05) is 22.7 Å². The highest BCUT2D eigenvalue weighted by Gasteiger charge is 2.31. The second-order valence-electron chi connectivity index (χ2n) is 6.18. The molecule has 26 heavy (non-hydrogen) atoms. The number of rotatable bonds is 4. The van der Waals surface area contributed by atoms with Gasteiger partial charge in [-0.05, 0) is 53.9 Å². The maximum absolute atomic E-state index is 13.0. The van der Waals surface area contributed by atoms with Crippen molar-refractivity contribution in [1.29, 1.82) is 0 Å². The number of hydrogen-bond donors (Lipinski definition) is 1. The third-order valence-corrected chi connectivity index (χ3v) is 6.34. The summed E-state index contributed by atoms with van der Waals surface area (Å²) in [7, 11) is 0. The summed E-state index contributed by atoms with van der Waals surface area (Å²) < 4.78 is 0. The maximum Gasteiger partial charge on any atom is 0.265 e. The Morgan fingerprint density at radius 3 is 2.65 bits per heavy atom. The Balaban J connectivity index is 1.52. The van der Waals surface area contributed by atoms with E-state index >= 15 is 0 Å². The zero-order valence-electron chi connectivity index (χ0n) is 14.1. The van der Waals surface area contributed by atoms with E-state index in [1.165, 1.54) is 16.2 Å². The largest absolute Gasteiger partial charge is 0.331 e. The Morgan fingerprint density at radius 1 is 1.04 bits per heavy atom. The smallest absolute Gasteiger partial charge is 0.265 e. The van der Waals surface area contributed by atoms with Gasteiger partial charge in [-0.15, -0.1) is 22.7 Å². The number of thiophene rings is 2. The Kier molecular flexibility index (Phi) is 4.86. The van der Waals surface area contributed by atoms with Gasteiger partial charge in [0.05, 0.1) is 10.9 Å². The van der Waals surface area contributed by atoms with Gasteiger partial charge >= 0.3 is 0 Å². The number of carbonyl (C=O) groups is 2. The van der Waals surface area contributed by atoms with Crippen molar-refractivity contribution >= 4 is 40.2 Å². The number of benzene rings is 1. The van der Waals surface area contributed by atoms with E-state index in [0.717, 1.165) is 19.4 Å². The van der Waals surface area contributed by atoms with Crippen molar-refractivity contribution < 1.29 is 9.59 Å². The van der Waals surface area contributed by atoms with Gasteiger partial charge in [-0.1, -0.05) is 18.2 Å². The van der Waals surface area contributed by atoms with Crippen molar-refractivity contribution in [2.45, 2.75) is 18.9 Å². The minimum absolute atomic E-state index is 0.0214. The van der Waals surface area contributed by atoms with Crippen LogP contribution in [0.15, 0.2) is 59.3 Å². The van der Waals surface area contributed by atoms with Crippen LogP contribution >= 0.6 is 22.7 Å². The SMILES string of the molecule is O=C(Nc1cccc(C(=O)N2CCC[C@H]2c2cccs2)c1)c1cccs1. The molecule has 4 rings (SSSR count). The van der Waals surface area contributed by atoms with E-state index in [-0.39, 0.29) is 17.9 Å². The van der Waals surface area contributed by atoms with Crippen LogP contribution in [0.3, 0.4) is 0 Å². The summed E-state index contributed by atoms with van der Waals surface area (Å²) in [5.41, 5.74) is 1.25. The summed E-state index contributed by atoms with van der Waals surface area (Å²) in [5.74, 6) is -0.129. The fourth-order valence-electron chi connectivity index (χ4n) is 3.28. The lowest BCUT2D eigenvalue weighted by atomic mass is 10.1. The van der Waals surface area contributed by atoms with Crippen LogP contribution in [-0.2, 0) is 0 Å². The van der Waals surface area contributed by atoms with Crippen LogP contribution in [0.4, 0.5) is 5.69 Å². The molecule has 3 aromatic rings. The molecule has 0 radical (unpaired) electrons. The van der Waals surface area contributed by atoms with Crippen LogP contribution in [0.5, 0.6) is 0 Å². The molecule has 2 amide bonds. The van der Waals surface area contributed by atoms with Crippen LogP contribution in [0, 0.1) is 0 Å². The molecule has 1 aliphatic heterocycles. The number of carbonyl (C=O) groups excluding carboxylic acids is 2. The fourth-order valence-corrected chi connectivity index (χ4v) is 4.78. The highest BCUT2D eigenvalue weighted by molar-refractivity contribution is 7.12. The van der Waals surface area contributed by atoms with E-state index in [1.807, 2.05) is 40.6 Å². The first-order valence-corrected chi connectivity index (χ1v) is 10.3. The molecule has 0 unspecified atom stereocenters. The number of amides is 2. The van der Waals surface area contributed by atoms with Gasteiger partial charge in [0.1, 0.15) is 0 Å². The Hall–Kier alpha value is -2.44. The van der Waals surface area contributed by atoms with Crippen molar-refractivity contribution in [2.24, 2.45) is 0 Å². The molecule has 1 saturated heterocycles. The van der Waals surface area contributed by atoms with Crippen LogP contribution in [0.25, 0.3) is 0 Å². The average molecular weight is 383 g/mol. The minimum atomic E-state index is -0.151. The lowest BCUT2D eigenvalue weighted by molar-refractivity contribution is 0.0737. The van der Waals surface area contributed by atoms with Crippen molar-refractivity contribution in [3.05, 3.63) is 74.6 Å². The van der Waals surface area contributed by atoms with Crippen molar-refractivity contribution in [3.63, 3.8) is 0 Å². The van der Waals surface area contributed by atoms with Crippen LogP contribution in [0.2, 0.25) is 0 Å². The van der Waals surface area contributed by atoms with Crippen LogP contribution < -0.4 is 5.32 Å². The molecule has 1 atom stereocenters. The monoisotopic (exact) mass is 382 g/mol. The van der Waals surface area contributed by atoms with Crippen LogP contribution in [0.1, 0.15) is 43.8 Å². The minimum Gasteiger partial charge on any atom is -0.331 e. The van der Waals surface area contributed by atoms with E-state index < -0.39 is 0 Å². The summed E-state index contributed by atoms with van der Waals surface area (Å²) >= 11 is 3.09. The van der Waals surface area contributed by atoms with Gasteiger partial charge in [0.15, 0.2) is 0 Å². The van der Waals surface area contributed by atoms with E-state index in [0.29, 0.717) is 16.1 Å². The van der Waals surface area contributed by atoms with E-state index in [9.17, 15) is 9.59 Å². The van der Waals surface area contributed by atoms with E-state index in [1.54, 1.807) is 23.5 Å². The third kappa shape index (κ3) is 3.43. The molecule has 4 nitrogen and oxygen atoms in total. The summed E-state index contributed by atoms with van der Waals surface area (Å²) in [4.78, 5) is 29.1. The van der Waals surface area contributed by atoms with Gasteiger partial charge in [0.2, 0.25) is 0 Å². The molecule has 1 N–H and O–H groups in total. The van der Waals surface area contributed by atoms with Crippen LogP contribution in [-0.4, -0.2) is 23.3 Å². The van der Waals surface area contributed by atoms with Crippen molar-refractivity contribution in [2.75, 3.05) is 11.9 Å². The molecule has 0 spiro atoms. The second kappa shape index (κ2) is 7.43. The van der Waals surface area contributed by atoms with E-state index in [2.05, 4.69) is 16.8 Å². The van der Waals surface area contributed by atoms with Gasteiger partial charge < -0.3 is 10.2 Å². The first-order valence-electron chi connectivity index (χ1n) is 8.51. The zero-order chi connectivity index (χ0) is 17.9. The average Bonchev–Trinajstić information content (AvgIpc) is 3.43. The highest BCUT2D eigenvalue weighted by atomic mass is 32.1. The van der Waals surface area contributed by atoms with Gasteiger partial charge in [-0.2, -0.15) is 0 Å². The highest BCUT2D eigenvalue weighted by Crippen LogP contribution is 2.35. The van der Waals surface area contributed by atoms with Gasteiger partial charge in [-0.3, -0.25) is 9.59 Å². The number of hydrogen-bond acceptors (Lipinski definition) is 4. The Bertz CT molecular complexity index is 904. The predicted octanol–water partition coefficient (Wildman–Crippen LogP) is 5.04. The first kappa shape index (κ1) is 17.0. The molecule has 1 fully saturated rings. The lowest BCUT2D eigenvalue weighted by Crippen LogP contribution is -2.30. The summed E-state index contributed by atoms with van der Waals surface area (Å²) in [6.07, 6.45) is 2.02. The molecule has 2 aromatic heterocycles. The number of anilines is 1. The molecule has 6 heteroatoms. The molecule has 132 valence electrons. The summed E-state index contributed by atoms with van der Waals surface area (Å²) in [5, 5.41) is 6.79. The second-order valence-corrected chi connectivity index (χ2v) is 8.11. The maximum atomic E-state index is 13.0. The number of nitrogens with one attached hydrogen (secondary N) is 1. The number of likely N-dealkylation sites (tertiary alicyclic amines) is 1. The number of nitrogens with zero attached hydrogens (tertiary/aromatic N) is 1. The van der Waals surface area contributed by atoms with Crippen molar-refractivity contribution in [1.82, 2.24) is 4.90 Å². The Morgan fingerprint density at radius 2 is 1.88 bits per heavy atom. The molecular weight excluding hydrogens is 364 g/mol. The first-order chi connectivity index (χ1) is 12.7. The zero-order valence-corrected chi connectivity index (χ0v) is 15.7. The Labute approximate surface area is 160 Å². The normalized spacial score (nSPS) is 16.6. The standard InChI is InChI=1S/C20H18N2O2S2/c23-19(18-9-4-12-26-18)21-15-6-1-5-14(13-15)20(24)22-10-2-7-16(22)17-8-3-11-25-17/h1,3-6,8-9,11-13,16H,2,7,10H2,(H,21,23)/t16-/m0/s1. The lowest BCUT2D eigenvalue weighted by Gasteiger charge is -2.24. The fraction of sp³-hybridized carbons (Fsp3) is 0.200. The van der Waals surface area contributed by atoms with Crippen molar-refractivity contribution in [3.8, 4) is 0 Å². The predicted molar refractivity (Wildman–Crippen MR) is 106 cm³/mol.